The number of ether oxygens (including phenoxy) is 2. The van der Waals surface area contributed by atoms with Crippen molar-refractivity contribution in [3.63, 3.8) is 0 Å². The summed E-state index contributed by atoms with van der Waals surface area (Å²) in [5, 5.41) is 9.64. The van der Waals surface area contributed by atoms with Crippen molar-refractivity contribution in [2.75, 3.05) is 18.2 Å². The topological polar surface area (TPSA) is 96.5 Å². The number of carbonyl (C=O) groups is 2. The number of hydrogen-bond donors (Lipinski definition) is 2. The number of amides is 2. The third kappa shape index (κ3) is 2.90. The first-order valence-electron chi connectivity index (χ1n) is 8.08. The molecule has 8 heteroatoms. The highest BCUT2D eigenvalue weighted by atomic mass is 16.7. The standard InChI is InChI=1S/C17H18N4O4/c1-10-12(7-19-20-10)6-18-17(23)11-4-16(22)21(8-11)13-2-3-14-15(5-13)25-9-24-14/h2-3,5,7,11H,4,6,8-9H2,1H3,(H,18,23)(H,19,20). The number of aromatic amines is 1. The zero-order valence-electron chi connectivity index (χ0n) is 13.7. The predicted molar refractivity (Wildman–Crippen MR) is 88.2 cm³/mol. The number of H-pyrrole nitrogens is 1. The van der Waals surface area contributed by atoms with E-state index in [4.69, 9.17) is 9.47 Å². The van der Waals surface area contributed by atoms with Crippen LogP contribution in [0.15, 0.2) is 24.4 Å². The van der Waals surface area contributed by atoms with Gasteiger partial charge in [-0.2, -0.15) is 5.10 Å². The minimum atomic E-state index is -0.370. The van der Waals surface area contributed by atoms with Gasteiger partial charge in [0, 0.05) is 42.5 Å². The molecule has 2 aliphatic heterocycles. The van der Waals surface area contributed by atoms with Crippen LogP contribution in [0.5, 0.6) is 11.5 Å². The molecule has 0 bridgehead atoms. The average Bonchev–Trinajstić information content (AvgIpc) is 3.31. The van der Waals surface area contributed by atoms with Crippen molar-refractivity contribution in [3.05, 3.63) is 35.7 Å². The van der Waals surface area contributed by atoms with Crippen molar-refractivity contribution in [1.82, 2.24) is 15.5 Å². The molecule has 130 valence electrons. The second-order valence-corrected chi connectivity index (χ2v) is 6.18. The van der Waals surface area contributed by atoms with Crippen LogP contribution < -0.4 is 19.7 Å². The molecule has 3 heterocycles. The maximum absolute atomic E-state index is 12.4. The second kappa shape index (κ2) is 6.12. The SMILES string of the molecule is Cc1[nH]ncc1CNC(=O)C1CC(=O)N(c2ccc3c(c2)OCO3)C1. The second-order valence-electron chi connectivity index (χ2n) is 6.18. The van der Waals surface area contributed by atoms with Crippen LogP contribution in [0.4, 0.5) is 5.69 Å². The average molecular weight is 342 g/mol. The van der Waals surface area contributed by atoms with E-state index in [2.05, 4.69) is 15.5 Å². The van der Waals surface area contributed by atoms with E-state index in [0.29, 0.717) is 24.6 Å². The van der Waals surface area contributed by atoms with E-state index in [1.165, 1.54) is 0 Å². The van der Waals surface area contributed by atoms with E-state index < -0.39 is 0 Å². The van der Waals surface area contributed by atoms with E-state index in [-0.39, 0.29) is 30.9 Å². The molecule has 1 aromatic carbocycles. The number of fused-ring (bicyclic) bond motifs is 1. The minimum Gasteiger partial charge on any atom is -0.454 e. The summed E-state index contributed by atoms with van der Waals surface area (Å²) in [6.45, 7) is 2.84. The highest BCUT2D eigenvalue weighted by Gasteiger charge is 2.35. The fourth-order valence-corrected chi connectivity index (χ4v) is 3.07. The van der Waals surface area contributed by atoms with Gasteiger partial charge in [-0.15, -0.1) is 0 Å². The first kappa shape index (κ1) is 15.5. The molecule has 2 aromatic rings. The zero-order valence-corrected chi connectivity index (χ0v) is 13.7. The lowest BCUT2D eigenvalue weighted by Gasteiger charge is -2.17. The highest BCUT2D eigenvalue weighted by molar-refractivity contribution is 6.00. The van der Waals surface area contributed by atoms with E-state index in [1.54, 1.807) is 29.3 Å². The number of aryl methyl sites for hydroxylation is 1. The minimum absolute atomic E-state index is 0.0708. The molecule has 8 nitrogen and oxygen atoms in total. The van der Waals surface area contributed by atoms with Gasteiger partial charge in [-0.05, 0) is 19.1 Å². The molecule has 1 aromatic heterocycles. The van der Waals surface area contributed by atoms with Gasteiger partial charge in [0.2, 0.25) is 18.6 Å². The van der Waals surface area contributed by atoms with Gasteiger partial charge in [0.05, 0.1) is 12.1 Å². The summed E-state index contributed by atoms with van der Waals surface area (Å²) >= 11 is 0. The van der Waals surface area contributed by atoms with Gasteiger partial charge >= 0.3 is 0 Å². The van der Waals surface area contributed by atoms with Gasteiger partial charge in [0.25, 0.3) is 0 Å². The van der Waals surface area contributed by atoms with Crippen LogP contribution >= 0.6 is 0 Å². The number of benzene rings is 1. The van der Waals surface area contributed by atoms with Crippen LogP contribution in [0.1, 0.15) is 17.7 Å². The van der Waals surface area contributed by atoms with Crippen LogP contribution in [0.25, 0.3) is 0 Å². The number of aromatic nitrogens is 2. The lowest BCUT2D eigenvalue weighted by atomic mass is 10.1. The number of hydrogen-bond acceptors (Lipinski definition) is 5. The number of rotatable bonds is 4. The normalized spacial score (nSPS) is 18.7. The monoisotopic (exact) mass is 342 g/mol. The molecule has 0 aliphatic carbocycles. The lowest BCUT2D eigenvalue weighted by molar-refractivity contribution is -0.126. The van der Waals surface area contributed by atoms with Gasteiger partial charge < -0.3 is 19.7 Å². The summed E-state index contributed by atoms with van der Waals surface area (Å²) in [4.78, 5) is 26.4. The Morgan fingerprint density at radius 3 is 3.04 bits per heavy atom. The maximum Gasteiger partial charge on any atom is 0.231 e. The van der Waals surface area contributed by atoms with Gasteiger partial charge in [-0.1, -0.05) is 0 Å². The Morgan fingerprint density at radius 2 is 2.24 bits per heavy atom. The fraction of sp³-hybridized carbons (Fsp3) is 0.353. The summed E-state index contributed by atoms with van der Waals surface area (Å²) in [5.41, 5.74) is 2.57. The molecule has 0 radical (unpaired) electrons. The van der Waals surface area contributed by atoms with Crippen molar-refractivity contribution in [2.45, 2.75) is 19.9 Å². The number of carbonyl (C=O) groups excluding carboxylic acids is 2. The van der Waals surface area contributed by atoms with E-state index in [0.717, 1.165) is 16.9 Å². The van der Waals surface area contributed by atoms with Crippen molar-refractivity contribution in [3.8, 4) is 11.5 Å². The molecule has 2 N–H and O–H groups in total. The van der Waals surface area contributed by atoms with Crippen molar-refractivity contribution >= 4 is 17.5 Å². The van der Waals surface area contributed by atoms with Crippen molar-refractivity contribution in [2.24, 2.45) is 5.92 Å². The molecule has 1 saturated heterocycles. The van der Waals surface area contributed by atoms with Gasteiger partial charge in [0.15, 0.2) is 11.5 Å². The van der Waals surface area contributed by atoms with Crippen molar-refractivity contribution in [1.29, 1.82) is 0 Å². The van der Waals surface area contributed by atoms with Gasteiger partial charge in [-0.3, -0.25) is 14.7 Å². The van der Waals surface area contributed by atoms with Crippen LogP contribution in [0.2, 0.25) is 0 Å². The molecule has 25 heavy (non-hydrogen) atoms. The molecule has 2 amide bonds. The zero-order chi connectivity index (χ0) is 17.4. The predicted octanol–water partition coefficient (Wildman–Crippen LogP) is 1.12. The largest absolute Gasteiger partial charge is 0.454 e. The Kier molecular flexibility index (Phi) is 3.79. The maximum atomic E-state index is 12.4. The first-order valence-corrected chi connectivity index (χ1v) is 8.08. The third-order valence-electron chi connectivity index (χ3n) is 4.55. The first-order chi connectivity index (χ1) is 12.1. The van der Waals surface area contributed by atoms with E-state index >= 15 is 0 Å². The van der Waals surface area contributed by atoms with Crippen molar-refractivity contribution < 1.29 is 19.1 Å². The van der Waals surface area contributed by atoms with Gasteiger partial charge in [0.1, 0.15) is 0 Å². The van der Waals surface area contributed by atoms with E-state index in [1.807, 2.05) is 6.92 Å². The van der Waals surface area contributed by atoms with Crippen LogP contribution in [0, 0.1) is 12.8 Å². The molecular weight excluding hydrogens is 324 g/mol. The summed E-state index contributed by atoms with van der Waals surface area (Å²) in [7, 11) is 0. The number of anilines is 1. The van der Waals surface area contributed by atoms with E-state index in [9.17, 15) is 9.59 Å². The summed E-state index contributed by atoms with van der Waals surface area (Å²) in [5.74, 6) is 0.717. The quantitative estimate of drug-likeness (QED) is 0.868. The lowest BCUT2D eigenvalue weighted by Crippen LogP contribution is -2.32. The Balaban J connectivity index is 1.41. The third-order valence-corrected chi connectivity index (χ3v) is 4.55. The molecule has 4 rings (SSSR count). The highest BCUT2D eigenvalue weighted by Crippen LogP contribution is 2.37. The number of nitrogens with zero attached hydrogens (tertiary/aromatic N) is 2. The smallest absolute Gasteiger partial charge is 0.231 e. The molecule has 1 fully saturated rings. The summed E-state index contributed by atoms with van der Waals surface area (Å²) in [6.07, 6.45) is 1.89. The Hall–Kier alpha value is -3.03. The molecule has 1 atom stereocenters. The van der Waals surface area contributed by atoms with Crippen LogP contribution in [-0.2, 0) is 16.1 Å². The Bertz CT molecular complexity index is 832. The van der Waals surface area contributed by atoms with Crippen LogP contribution in [-0.4, -0.2) is 35.3 Å². The number of nitrogens with one attached hydrogen (secondary N) is 2. The Morgan fingerprint density at radius 1 is 1.40 bits per heavy atom. The molecule has 1 unspecified atom stereocenters. The molecule has 0 spiro atoms. The van der Waals surface area contributed by atoms with Gasteiger partial charge in [-0.25, -0.2) is 0 Å². The fourth-order valence-electron chi connectivity index (χ4n) is 3.07. The molecule has 0 saturated carbocycles. The van der Waals surface area contributed by atoms with Crippen LogP contribution in [0.3, 0.4) is 0 Å². The Labute approximate surface area is 144 Å². The molecule has 2 aliphatic rings. The summed E-state index contributed by atoms with van der Waals surface area (Å²) < 4.78 is 10.6. The summed E-state index contributed by atoms with van der Waals surface area (Å²) in [6, 6.07) is 5.36. The molecular formula is C17H18N4O4.